The molecule has 2 atom stereocenters. The summed E-state index contributed by atoms with van der Waals surface area (Å²) < 4.78 is 0. The molecule has 5 aliphatic rings. The van der Waals surface area contributed by atoms with Gasteiger partial charge in [0.1, 0.15) is 17.9 Å². The second-order valence-electron chi connectivity index (χ2n) is 11.6. The number of allylic oxidation sites excluding steroid dienone is 1. The molecule has 0 bridgehead atoms. The first-order chi connectivity index (χ1) is 16.4. The van der Waals surface area contributed by atoms with Crippen molar-refractivity contribution in [3.8, 4) is 0 Å². The lowest BCUT2D eigenvalue weighted by Gasteiger charge is -2.31. The predicted molar refractivity (Wildman–Crippen MR) is 137 cm³/mol. The molecule has 3 fully saturated rings. The number of nitrogens with two attached hydrogens (primary N) is 1. The van der Waals surface area contributed by atoms with Crippen molar-refractivity contribution in [1.29, 1.82) is 0 Å². The van der Waals surface area contributed by atoms with Gasteiger partial charge in [-0.05, 0) is 62.9 Å². The van der Waals surface area contributed by atoms with Gasteiger partial charge < -0.3 is 10.6 Å². The zero-order chi connectivity index (χ0) is 24.1. The SMILES string of the molecule is CC.CC1CCCC(C2=C(C3(C)CC3)ONC2C2NN(C3(C)CC3)c3ncnc(N)c32)CCC1. The van der Waals surface area contributed by atoms with Gasteiger partial charge in [-0.2, -0.15) is 0 Å². The lowest BCUT2D eigenvalue weighted by Crippen LogP contribution is -2.48. The quantitative estimate of drug-likeness (QED) is 0.532. The van der Waals surface area contributed by atoms with Gasteiger partial charge in [-0.25, -0.2) is 15.4 Å². The molecule has 0 radical (unpaired) electrons. The molecule has 3 aliphatic carbocycles. The van der Waals surface area contributed by atoms with Crippen LogP contribution >= 0.6 is 0 Å². The van der Waals surface area contributed by atoms with E-state index in [2.05, 4.69) is 46.7 Å². The Labute approximate surface area is 205 Å². The van der Waals surface area contributed by atoms with E-state index < -0.39 is 0 Å². The van der Waals surface area contributed by atoms with Crippen LogP contribution in [0.15, 0.2) is 17.7 Å². The highest BCUT2D eigenvalue weighted by Gasteiger charge is 2.55. The van der Waals surface area contributed by atoms with Gasteiger partial charge >= 0.3 is 0 Å². The summed E-state index contributed by atoms with van der Waals surface area (Å²) in [5, 5.41) is 2.26. The molecule has 4 N–H and O–H groups in total. The summed E-state index contributed by atoms with van der Waals surface area (Å²) in [7, 11) is 0. The Morgan fingerprint density at radius 3 is 2.29 bits per heavy atom. The van der Waals surface area contributed by atoms with Crippen molar-refractivity contribution in [2.75, 3.05) is 10.7 Å². The summed E-state index contributed by atoms with van der Waals surface area (Å²) in [5.74, 6) is 4.17. The molecule has 1 aromatic heterocycles. The average Bonchev–Trinajstić information content (AvgIpc) is 3.64. The van der Waals surface area contributed by atoms with E-state index in [0.717, 1.165) is 30.1 Å². The van der Waals surface area contributed by atoms with Gasteiger partial charge in [0.2, 0.25) is 0 Å². The van der Waals surface area contributed by atoms with Crippen LogP contribution in [0, 0.1) is 17.3 Å². The third kappa shape index (κ3) is 4.09. The number of fused-ring (bicyclic) bond motifs is 1. The van der Waals surface area contributed by atoms with E-state index in [0.29, 0.717) is 11.7 Å². The van der Waals surface area contributed by atoms with Crippen molar-refractivity contribution < 1.29 is 4.84 Å². The molecule has 2 unspecified atom stereocenters. The number of hydroxylamine groups is 1. The fourth-order valence-electron chi connectivity index (χ4n) is 6.18. The number of rotatable bonds is 4. The molecule has 7 nitrogen and oxygen atoms in total. The summed E-state index contributed by atoms with van der Waals surface area (Å²) >= 11 is 0. The fraction of sp³-hybridized carbons (Fsp3) is 0.778. The largest absolute Gasteiger partial charge is 0.412 e. The molecule has 0 aromatic carbocycles. The van der Waals surface area contributed by atoms with E-state index in [1.165, 1.54) is 62.7 Å². The van der Waals surface area contributed by atoms with Gasteiger partial charge in [-0.15, -0.1) is 5.48 Å². The molecule has 0 amide bonds. The number of nitrogen functional groups attached to an aromatic ring is 1. The summed E-state index contributed by atoms with van der Waals surface area (Å²) in [6, 6.07) is 0.0477. The maximum Gasteiger partial charge on any atom is 0.153 e. The van der Waals surface area contributed by atoms with Crippen LogP contribution in [0.2, 0.25) is 0 Å². The fourth-order valence-corrected chi connectivity index (χ4v) is 6.18. The Morgan fingerprint density at radius 2 is 1.68 bits per heavy atom. The number of hydrogen-bond acceptors (Lipinski definition) is 7. The third-order valence-electron chi connectivity index (χ3n) is 8.90. The normalized spacial score (nSPS) is 33.3. The number of hydrogen-bond donors (Lipinski definition) is 3. The van der Waals surface area contributed by atoms with Crippen LogP contribution in [0.1, 0.15) is 110 Å². The average molecular weight is 469 g/mol. The van der Waals surface area contributed by atoms with E-state index in [1.54, 1.807) is 6.33 Å². The van der Waals surface area contributed by atoms with Crippen LogP contribution in [0.25, 0.3) is 0 Å². The van der Waals surface area contributed by atoms with Gasteiger partial charge in [-0.3, -0.25) is 5.01 Å². The number of anilines is 2. The summed E-state index contributed by atoms with van der Waals surface area (Å²) in [6.07, 6.45) is 14.1. The predicted octanol–water partition coefficient (Wildman–Crippen LogP) is 5.57. The molecule has 0 saturated heterocycles. The summed E-state index contributed by atoms with van der Waals surface area (Å²) in [6.45, 7) is 11.1. The van der Waals surface area contributed by atoms with Crippen LogP contribution in [0.5, 0.6) is 0 Å². The molecule has 3 heterocycles. The minimum absolute atomic E-state index is 0.0113. The second kappa shape index (κ2) is 8.98. The van der Waals surface area contributed by atoms with Gasteiger partial charge in [0, 0.05) is 5.41 Å². The zero-order valence-corrected chi connectivity index (χ0v) is 21.8. The Hall–Kier alpha value is -1.86. The standard InChI is InChI=1S/C25H38N6O.C2H6/c1-15-6-4-8-16(9-5-7-15)17-20(30-32-21(17)24(2)10-11-24)19-18-22(26)27-14-28-23(18)31(29-19)25(3)12-13-25;1-2/h14-16,19-20,29-30H,4-13H2,1-3H3,(H2,26,27,28);1-2H3. The lowest BCUT2D eigenvalue weighted by atomic mass is 9.77. The molecular formula is C27H44N6O. The number of hydrazine groups is 1. The monoisotopic (exact) mass is 468 g/mol. The van der Waals surface area contributed by atoms with Crippen LogP contribution < -0.4 is 21.6 Å². The molecule has 0 spiro atoms. The maximum atomic E-state index is 6.47. The van der Waals surface area contributed by atoms with E-state index in [9.17, 15) is 0 Å². The van der Waals surface area contributed by atoms with Crippen LogP contribution in [0.3, 0.4) is 0 Å². The first-order valence-electron chi connectivity index (χ1n) is 13.7. The molecule has 7 heteroatoms. The van der Waals surface area contributed by atoms with Crippen LogP contribution in [-0.2, 0) is 4.84 Å². The van der Waals surface area contributed by atoms with Crippen molar-refractivity contribution in [2.24, 2.45) is 17.3 Å². The van der Waals surface area contributed by atoms with Gasteiger partial charge in [0.15, 0.2) is 5.82 Å². The molecule has 2 aliphatic heterocycles. The first-order valence-corrected chi connectivity index (χ1v) is 13.7. The van der Waals surface area contributed by atoms with E-state index in [-0.39, 0.29) is 23.0 Å². The molecular weight excluding hydrogens is 424 g/mol. The van der Waals surface area contributed by atoms with Crippen molar-refractivity contribution in [3.05, 3.63) is 23.2 Å². The smallest absolute Gasteiger partial charge is 0.153 e. The molecule has 34 heavy (non-hydrogen) atoms. The van der Waals surface area contributed by atoms with Crippen molar-refractivity contribution in [3.63, 3.8) is 0 Å². The Kier molecular flexibility index (Phi) is 6.30. The number of nitrogens with zero attached hydrogens (tertiary/aromatic N) is 3. The third-order valence-corrected chi connectivity index (χ3v) is 8.90. The highest BCUT2D eigenvalue weighted by molar-refractivity contribution is 5.64. The second-order valence-corrected chi connectivity index (χ2v) is 11.6. The van der Waals surface area contributed by atoms with E-state index in [4.69, 9.17) is 10.6 Å². The molecule has 1 aromatic rings. The van der Waals surface area contributed by atoms with E-state index >= 15 is 0 Å². The lowest BCUT2D eigenvalue weighted by molar-refractivity contribution is 0.0843. The molecule has 6 rings (SSSR count). The zero-order valence-electron chi connectivity index (χ0n) is 21.8. The minimum atomic E-state index is -0.0113. The maximum absolute atomic E-state index is 6.47. The Balaban J connectivity index is 0.00000117. The van der Waals surface area contributed by atoms with Crippen molar-refractivity contribution >= 4 is 11.6 Å². The van der Waals surface area contributed by atoms with Crippen molar-refractivity contribution in [1.82, 2.24) is 20.9 Å². The van der Waals surface area contributed by atoms with Gasteiger partial charge in [-0.1, -0.05) is 53.4 Å². The summed E-state index contributed by atoms with van der Waals surface area (Å²) in [5.41, 5.74) is 16.6. The van der Waals surface area contributed by atoms with Crippen LogP contribution in [-0.4, -0.2) is 21.5 Å². The first kappa shape index (κ1) is 23.9. The van der Waals surface area contributed by atoms with Gasteiger partial charge in [0.05, 0.1) is 23.2 Å². The highest BCUT2D eigenvalue weighted by atomic mass is 16.7. The Bertz CT molecular complexity index is 927. The summed E-state index contributed by atoms with van der Waals surface area (Å²) in [4.78, 5) is 15.4. The molecule has 3 saturated carbocycles. The number of nitrogens with one attached hydrogen (secondary N) is 2. The topological polar surface area (TPSA) is 88.3 Å². The molecule has 188 valence electrons. The van der Waals surface area contributed by atoms with E-state index in [1.807, 2.05) is 13.8 Å². The van der Waals surface area contributed by atoms with Crippen LogP contribution in [0.4, 0.5) is 11.6 Å². The van der Waals surface area contributed by atoms with Crippen molar-refractivity contribution in [2.45, 2.75) is 116 Å². The Morgan fingerprint density at radius 1 is 1.00 bits per heavy atom. The highest BCUT2D eigenvalue weighted by Crippen LogP contribution is 2.57. The number of aromatic nitrogens is 2. The minimum Gasteiger partial charge on any atom is -0.412 e. The van der Waals surface area contributed by atoms with Gasteiger partial charge in [0.25, 0.3) is 0 Å².